The van der Waals surface area contributed by atoms with Gasteiger partial charge in [-0.25, -0.2) is 0 Å². The number of halogens is 1. The van der Waals surface area contributed by atoms with E-state index in [1.165, 1.54) is 0 Å². The molecule has 1 heterocycles. The first kappa shape index (κ1) is 19.3. The third kappa shape index (κ3) is 5.53. The van der Waals surface area contributed by atoms with Crippen LogP contribution in [0.4, 0.5) is 11.4 Å². The Balaban J connectivity index is 0.00000243. The van der Waals surface area contributed by atoms with Crippen molar-refractivity contribution >= 4 is 23.2 Å². The van der Waals surface area contributed by atoms with Crippen LogP contribution in [0.1, 0.15) is 10.4 Å². The largest absolute Gasteiger partial charge is 1.00 e. The highest BCUT2D eigenvalue weighted by Crippen LogP contribution is 2.08. The molecule has 2 aromatic carbocycles. The van der Waals surface area contributed by atoms with E-state index in [0.29, 0.717) is 5.56 Å². The predicted molar refractivity (Wildman–Crippen MR) is 96.1 cm³/mol. The number of nitrogens with one attached hydrogen (secondary N) is 2. The summed E-state index contributed by atoms with van der Waals surface area (Å²) in [4.78, 5) is 24.4. The number of carbonyl (C=O) groups is 2. The third-order valence-electron chi connectivity index (χ3n) is 3.54. The first-order valence-corrected chi connectivity index (χ1v) is 7.91. The Bertz CT molecular complexity index is 870. The highest BCUT2D eigenvalue weighted by molar-refractivity contribution is 6.03. The molecule has 0 radical (unpaired) electrons. The van der Waals surface area contributed by atoms with Gasteiger partial charge in [-0.1, -0.05) is 36.4 Å². The quantitative estimate of drug-likeness (QED) is 0.574. The van der Waals surface area contributed by atoms with Gasteiger partial charge >= 0.3 is 0 Å². The Labute approximate surface area is 162 Å². The van der Waals surface area contributed by atoms with Crippen LogP contribution in [0.5, 0.6) is 0 Å². The molecule has 5 nitrogen and oxygen atoms in total. The number of rotatable bonds is 5. The second-order valence-corrected chi connectivity index (χ2v) is 5.50. The summed E-state index contributed by atoms with van der Waals surface area (Å²) in [7, 11) is 0. The minimum Gasteiger partial charge on any atom is -1.00 e. The van der Waals surface area contributed by atoms with Crippen LogP contribution in [-0.2, 0) is 11.3 Å². The minimum atomic E-state index is -0.219. The minimum absolute atomic E-state index is 0. The molecule has 3 aromatic rings. The van der Waals surface area contributed by atoms with Gasteiger partial charge in [-0.05, 0) is 30.3 Å². The summed E-state index contributed by atoms with van der Waals surface area (Å²) < 4.78 is 1.68. The fourth-order valence-electron chi connectivity index (χ4n) is 2.37. The first-order chi connectivity index (χ1) is 12.2. The van der Waals surface area contributed by atoms with Gasteiger partial charge in [0, 0.05) is 17.4 Å². The molecule has 0 saturated heterocycles. The van der Waals surface area contributed by atoms with Crippen LogP contribution in [0, 0.1) is 0 Å². The van der Waals surface area contributed by atoms with Crippen LogP contribution in [0.25, 0.3) is 0 Å². The average Bonchev–Trinajstić information content (AvgIpc) is 2.63. The summed E-state index contributed by atoms with van der Waals surface area (Å²) in [5.41, 5.74) is 1.95. The van der Waals surface area contributed by atoms with E-state index in [9.17, 15) is 9.59 Å². The molecule has 6 heteroatoms. The van der Waals surface area contributed by atoms with Crippen molar-refractivity contribution in [3.63, 3.8) is 0 Å². The number of benzene rings is 2. The summed E-state index contributed by atoms with van der Waals surface area (Å²) in [6.07, 6.45) is 3.41. The number of para-hydroxylation sites is 2. The number of aromatic nitrogens is 1. The topological polar surface area (TPSA) is 62.1 Å². The number of pyridine rings is 1. The number of hydrogen-bond donors (Lipinski definition) is 2. The Morgan fingerprint density at radius 3 is 1.96 bits per heavy atom. The van der Waals surface area contributed by atoms with Crippen LogP contribution >= 0.6 is 0 Å². The second kappa shape index (κ2) is 9.48. The second-order valence-electron chi connectivity index (χ2n) is 5.50. The van der Waals surface area contributed by atoms with Crippen LogP contribution < -0.4 is 32.2 Å². The van der Waals surface area contributed by atoms with Crippen molar-refractivity contribution in [1.82, 2.24) is 0 Å². The number of amides is 2. The standard InChI is InChI=1S/C20H17N3O2.BrH/c24-19(21-17-9-3-1-4-10-17)15-23-13-7-8-16(14-23)20(25)22-18-11-5-2-6-12-18;/h1-14H,15H2,(H-,21,22,24,25);1H. The molecule has 0 fully saturated rings. The lowest BCUT2D eigenvalue weighted by molar-refractivity contribution is -0.684. The molecule has 0 saturated carbocycles. The van der Waals surface area contributed by atoms with Crippen molar-refractivity contribution in [2.45, 2.75) is 6.54 Å². The van der Waals surface area contributed by atoms with E-state index in [2.05, 4.69) is 10.6 Å². The third-order valence-corrected chi connectivity index (χ3v) is 3.54. The number of nitrogens with zero attached hydrogens (tertiary/aromatic N) is 1. The van der Waals surface area contributed by atoms with Gasteiger partial charge in [-0.15, -0.1) is 0 Å². The Morgan fingerprint density at radius 1 is 0.769 bits per heavy atom. The highest BCUT2D eigenvalue weighted by atomic mass is 79.9. The fraction of sp³-hybridized carbons (Fsp3) is 0.0500. The van der Waals surface area contributed by atoms with E-state index in [0.717, 1.165) is 11.4 Å². The van der Waals surface area contributed by atoms with Gasteiger partial charge in [0.15, 0.2) is 12.4 Å². The van der Waals surface area contributed by atoms with Gasteiger partial charge in [-0.3, -0.25) is 9.59 Å². The molecule has 1 aromatic heterocycles. The SMILES string of the molecule is O=C(C[n+]1cccc(C(=O)Nc2ccccc2)c1)Nc1ccccc1.[Br-]. The Hall–Kier alpha value is -2.99. The molecule has 2 N–H and O–H groups in total. The van der Waals surface area contributed by atoms with Crippen LogP contribution in [-0.4, -0.2) is 11.8 Å². The molecule has 3 rings (SSSR count). The molecular weight excluding hydrogens is 394 g/mol. The van der Waals surface area contributed by atoms with E-state index in [1.54, 1.807) is 29.1 Å². The maximum absolute atomic E-state index is 12.3. The van der Waals surface area contributed by atoms with E-state index >= 15 is 0 Å². The molecule has 2 amide bonds. The highest BCUT2D eigenvalue weighted by Gasteiger charge is 2.14. The van der Waals surface area contributed by atoms with Crippen molar-refractivity contribution in [3.05, 3.63) is 90.8 Å². The zero-order valence-electron chi connectivity index (χ0n) is 13.9. The van der Waals surface area contributed by atoms with Gasteiger partial charge in [0.25, 0.3) is 11.8 Å². The monoisotopic (exact) mass is 411 g/mol. The van der Waals surface area contributed by atoms with Gasteiger partial charge < -0.3 is 27.6 Å². The average molecular weight is 412 g/mol. The van der Waals surface area contributed by atoms with E-state index < -0.39 is 0 Å². The van der Waals surface area contributed by atoms with Gasteiger partial charge in [0.1, 0.15) is 5.56 Å². The number of carbonyl (C=O) groups excluding carboxylic acids is 2. The molecule has 0 atom stereocenters. The van der Waals surface area contributed by atoms with Crippen molar-refractivity contribution < 1.29 is 31.1 Å². The summed E-state index contributed by atoms with van der Waals surface area (Å²) in [6, 6.07) is 22.0. The van der Waals surface area contributed by atoms with Crippen molar-refractivity contribution in [2.24, 2.45) is 0 Å². The predicted octanol–water partition coefficient (Wildman–Crippen LogP) is -0.131. The van der Waals surface area contributed by atoms with Crippen LogP contribution in [0.3, 0.4) is 0 Å². The molecular formula is C20H18BrN3O2. The van der Waals surface area contributed by atoms with Crippen molar-refractivity contribution in [2.75, 3.05) is 10.6 Å². The molecule has 0 aliphatic heterocycles. The van der Waals surface area contributed by atoms with Crippen molar-refractivity contribution in [1.29, 1.82) is 0 Å². The van der Waals surface area contributed by atoms with E-state index in [1.807, 2.05) is 60.7 Å². The Kier molecular flexibility index (Phi) is 7.05. The lowest BCUT2D eigenvalue weighted by Crippen LogP contribution is -3.00. The molecule has 26 heavy (non-hydrogen) atoms. The summed E-state index contributed by atoms with van der Waals surface area (Å²) in [5.74, 6) is -0.374. The maximum atomic E-state index is 12.3. The normalized spacial score (nSPS) is 9.69. The van der Waals surface area contributed by atoms with Gasteiger partial charge in [-0.2, -0.15) is 4.57 Å². The summed E-state index contributed by atoms with van der Waals surface area (Å²) >= 11 is 0. The lowest BCUT2D eigenvalue weighted by atomic mass is 10.2. The number of hydrogen-bond acceptors (Lipinski definition) is 2. The molecule has 0 bridgehead atoms. The molecule has 0 spiro atoms. The van der Waals surface area contributed by atoms with Crippen LogP contribution in [0.15, 0.2) is 85.2 Å². The maximum Gasteiger partial charge on any atom is 0.290 e. The van der Waals surface area contributed by atoms with Crippen LogP contribution in [0.2, 0.25) is 0 Å². The number of anilines is 2. The molecule has 0 aliphatic carbocycles. The smallest absolute Gasteiger partial charge is 0.290 e. The summed E-state index contributed by atoms with van der Waals surface area (Å²) in [5, 5.41) is 5.64. The summed E-state index contributed by atoms with van der Waals surface area (Å²) in [6.45, 7) is 0.126. The van der Waals surface area contributed by atoms with E-state index in [-0.39, 0.29) is 35.3 Å². The zero-order chi connectivity index (χ0) is 17.5. The van der Waals surface area contributed by atoms with Crippen molar-refractivity contribution in [3.8, 4) is 0 Å². The molecule has 0 aliphatic rings. The van der Waals surface area contributed by atoms with Gasteiger partial charge in [0.2, 0.25) is 6.54 Å². The van der Waals surface area contributed by atoms with E-state index in [4.69, 9.17) is 0 Å². The lowest BCUT2D eigenvalue weighted by Gasteiger charge is -2.05. The molecule has 132 valence electrons. The Morgan fingerprint density at radius 2 is 1.35 bits per heavy atom. The molecule has 0 unspecified atom stereocenters. The fourth-order valence-corrected chi connectivity index (χ4v) is 2.37. The zero-order valence-corrected chi connectivity index (χ0v) is 15.5. The van der Waals surface area contributed by atoms with Gasteiger partial charge in [0.05, 0.1) is 0 Å². The first-order valence-electron chi connectivity index (χ1n) is 7.91.